The van der Waals surface area contributed by atoms with Gasteiger partial charge in [-0.25, -0.2) is 4.79 Å². The molecule has 6 nitrogen and oxygen atoms in total. The number of alkyl carbamates (subject to hydrolysis) is 1. The zero-order valence-electron chi connectivity index (χ0n) is 13.1. The Morgan fingerprint density at radius 3 is 2.25 bits per heavy atom. The Hall–Kier alpha value is -1.30. The number of hydrogen-bond acceptors (Lipinski definition) is 4. The van der Waals surface area contributed by atoms with E-state index in [1.165, 1.54) is 0 Å². The van der Waals surface area contributed by atoms with Crippen molar-refractivity contribution in [1.82, 2.24) is 5.32 Å². The number of nitrogens with one attached hydrogen (secondary N) is 1. The standard InChI is InChI=1S/C14H27NO5/c1-6-14(11(16)17,8-7-9-19-5)10-15-12(18)20-13(2,3)4/h6-10H2,1-5H3,(H,15,18)(H,16,17). The summed E-state index contributed by atoms with van der Waals surface area (Å²) in [6.45, 7) is 7.64. The van der Waals surface area contributed by atoms with Crippen molar-refractivity contribution in [1.29, 1.82) is 0 Å². The van der Waals surface area contributed by atoms with E-state index in [0.717, 1.165) is 0 Å². The highest BCUT2D eigenvalue weighted by Gasteiger charge is 2.37. The number of carbonyl (C=O) groups is 2. The second-order valence-corrected chi connectivity index (χ2v) is 5.89. The van der Waals surface area contributed by atoms with Gasteiger partial charge in [-0.05, 0) is 40.0 Å². The van der Waals surface area contributed by atoms with Crippen molar-refractivity contribution in [3.8, 4) is 0 Å². The molecule has 0 aromatic carbocycles. The van der Waals surface area contributed by atoms with Gasteiger partial charge < -0.3 is 19.9 Å². The van der Waals surface area contributed by atoms with Crippen LogP contribution in [0.2, 0.25) is 0 Å². The highest BCUT2D eigenvalue weighted by molar-refractivity contribution is 5.76. The van der Waals surface area contributed by atoms with Crippen LogP contribution in [0.5, 0.6) is 0 Å². The van der Waals surface area contributed by atoms with Gasteiger partial charge in [-0.2, -0.15) is 0 Å². The van der Waals surface area contributed by atoms with Gasteiger partial charge in [-0.3, -0.25) is 4.79 Å². The van der Waals surface area contributed by atoms with Crippen molar-refractivity contribution in [2.45, 2.75) is 52.6 Å². The van der Waals surface area contributed by atoms with Crippen molar-refractivity contribution in [3.05, 3.63) is 0 Å². The summed E-state index contributed by atoms with van der Waals surface area (Å²) in [7, 11) is 1.58. The molecule has 0 spiro atoms. The van der Waals surface area contributed by atoms with Crippen molar-refractivity contribution in [2.75, 3.05) is 20.3 Å². The first kappa shape index (κ1) is 18.7. The minimum absolute atomic E-state index is 0.0530. The minimum Gasteiger partial charge on any atom is -0.481 e. The van der Waals surface area contributed by atoms with E-state index in [4.69, 9.17) is 9.47 Å². The fraction of sp³-hybridized carbons (Fsp3) is 0.857. The summed E-state index contributed by atoms with van der Waals surface area (Å²) in [6.07, 6.45) is 0.917. The van der Waals surface area contributed by atoms with Crippen LogP contribution < -0.4 is 5.32 Å². The maximum absolute atomic E-state index is 11.6. The number of carboxylic acids is 1. The molecule has 118 valence electrons. The van der Waals surface area contributed by atoms with E-state index in [9.17, 15) is 14.7 Å². The van der Waals surface area contributed by atoms with E-state index in [2.05, 4.69) is 5.32 Å². The molecular weight excluding hydrogens is 262 g/mol. The van der Waals surface area contributed by atoms with Crippen LogP contribution >= 0.6 is 0 Å². The number of aliphatic carboxylic acids is 1. The topological polar surface area (TPSA) is 84.9 Å². The van der Waals surface area contributed by atoms with Gasteiger partial charge in [0.05, 0.1) is 5.41 Å². The van der Waals surface area contributed by atoms with Gasteiger partial charge in [0.2, 0.25) is 0 Å². The summed E-state index contributed by atoms with van der Waals surface area (Å²) in [5.41, 5.74) is -1.58. The van der Waals surface area contributed by atoms with Crippen molar-refractivity contribution in [2.24, 2.45) is 5.41 Å². The molecule has 1 atom stereocenters. The van der Waals surface area contributed by atoms with Gasteiger partial charge in [0.1, 0.15) is 5.60 Å². The van der Waals surface area contributed by atoms with Crippen LogP contribution in [0.1, 0.15) is 47.0 Å². The SMILES string of the molecule is CCC(CCCOC)(CNC(=O)OC(C)(C)C)C(=O)O. The van der Waals surface area contributed by atoms with Gasteiger partial charge in [0.15, 0.2) is 0 Å². The Labute approximate surface area is 120 Å². The van der Waals surface area contributed by atoms with E-state index in [-0.39, 0.29) is 6.54 Å². The Kier molecular flexibility index (Phi) is 7.57. The first-order chi connectivity index (χ1) is 9.17. The molecule has 0 aliphatic heterocycles. The van der Waals surface area contributed by atoms with Gasteiger partial charge in [0.25, 0.3) is 0 Å². The highest BCUT2D eigenvalue weighted by atomic mass is 16.6. The van der Waals surface area contributed by atoms with Gasteiger partial charge >= 0.3 is 12.1 Å². The molecule has 0 aromatic heterocycles. The maximum Gasteiger partial charge on any atom is 0.407 e. The van der Waals surface area contributed by atoms with Crippen LogP contribution in [0.3, 0.4) is 0 Å². The summed E-state index contributed by atoms with van der Waals surface area (Å²) in [5, 5.41) is 12.0. The summed E-state index contributed by atoms with van der Waals surface area (Å²) < 4.78 is 10.1. The predicted octanol–water partition coefficient (Wildman–Crippen LogP) is 2.42. The van der Waals surface area contributed by atoms with Crippen LogP contribution in [-0.4, -0.2) is 43.0 Å². The normalized spacial score (nSPS) is 14.4. The number of methoxy groups -OCH3 is 1. The second-order valence-electron chi connectivity index (χ2n) is 5.89. The summed E-state index contributed by atoms with van der Waals surface area (Å²) in [6, 6.07) is 0. The molecule has 0 aliphatic rings. The summed E-state index contributed by atoms with van der Waals surface area (Å²) in [4.78, 5) is 23.1. The lowest BCUT2D eigenvalue weighted by Crippen LogP contribution is -2.44. The largest absolute Gasteiger partial charge is 0.481 e. The molecule has 0 saturated carbocycles. The Morgan fingerprint density at radius 2 is 1.85 bits per heavy atom. The van der Waals surface area contributed by atoms with Gasteiger partial charge in [-0.1, -0.05) is 6.92 Å². The van der Waals surface area contributed by atoms with E-state index in [1.54, 1.807) is 34.8 Å². The lowest BCUT2D eigenvalue weighted by atomic mass is 9.80. The van der Waals surface area contributed by atoms with E-state index >= 15 is 0 Å². The van der Waals surface area contributed by atoms with Crippen LogP contribution in [0.15, 0.2) is 0 Å². The summed E-state index contributed by atoms with van der Waals surface area (Å²) >= 11 is 0. The molecule has 0 aromatic rings. The second kappa shape index (κ2) is 8.09. The molecule has 0 aliphatic carbocycles. The lowest BCUT2D eigenvalue weighted by molar-refractivity contribution is -0.149. The summed E-state index contributed by atoms with van der Waals surface area (Å²) in [5.74, 6) is -0.910. The molecule has 1 unspecified atom stereocenters. The molecular formula is C14H27NO5. The average Bonchev–Trinajstić information content (AvgIpc) is 2.31. The number of carbonyl (C=O) groups excluding carboxylic acids is 1. The lowest BCUT2D eigenvalue weighted by Gasteiger charge is -2.29. The van der Waals surface area contributed by atoms with E-state index in [0.29, 0.717) is 25.9 Å². The van der Waals surface area contributed by atoms with E-state index < -0.39 is 23.1 Å². The van der Waals surface area contributed by atoms with Crippen LogP contribution in [0, 0.1) is 5.41 Å². The molecule has 20 heavy (non-hydrogen) atoms. The molecule has 0 fully saturated rings. The molecule has 0 saturated heterocycles. The molecule has 6 heteroatoms. The third-order valence-corrected chi connectivity index (χ3v) is 3.10. The third-order valence-electron chi connectivity index (χ3n) is 3.10. The molecule has 0 heterocycles. The fourth-order valence-electron chi connectivity index (χ4n) is 1.83. The number of amides is 1. The third kappa shape index (κ3) is 6.75. The van der Waals surface area contributed by atoms with Crippen molar-refractivity contribution >= 4 is 12.1 Å². The van der Waals surface area contributed by atoms with Crippen molar-refractivity contribution in [3.63, 3.8) is 0 Å². The Bertz CT molecular complexity index is 324. The number of ether oxygens (including phenoxy) is 2. The number of rotatable bonds is 8. The zero-order valence-corrected chi connectivity index (χ0v) is 13.1. The molecule has 0 bridgehead atoms. The maximum atomic E-state index is 11.6. The van der Waals surface area contributed by atoms with Gasteiger partial charge in [0, 0.05) is 20.3 Å². The first-order valence-electron chi connectivity index (χ1n) is 6.86. The van der Waals surface area contributed by atoms with Crippen LogP contribution in [-0.2, 0) is 14.3 Å². The number of hydrogen-bond donors (Lipinski definition) is 2. The Balaban J connectivity index is 4.57. The van der Waals surface area contributed by atoms with Crippen LogP contribution in [0.25, 0.3) is 0 Å². The molecule has 0 rings (SSSR count). The fourth-order valence-corrected chi connectivity index (χ4v) is 1.83. The number of carboxylic acid groups (broad SMARTS) is 1. The molecule has 1 amide bonds. The highest BCUT2D eigenvalue weighted by Crippen LogP contribution is 2.28. The smallest absolute Gasteiger partial charge is 0.407 e. The van der Waals surface area contributed by atoms with Crippen LogP contribution in [0.4, 0.5) is 4.79 Å². The van der Waals surface area contributed by atoms with Gasteiger partial charge in [-0.15, -0.1) is 0 Å². The Morgan fingerprint density at radius 1 is 1.25 bits per heavy atom. The predicted molar refractivity (Wildman–Crippen MR) is 75.7 cm³/mol. The monoisotopic (exact) mass is 289 g/mol. The minimum atomic E-state index is -0.977. The average molecular weight is 289 g/mol. The van der Waals surface area contributed by atoms with Crippen molar-refractivity contribution < 1.29 is 24.2 Å². The quantitative estimate of drug-likeness (QED) is 0.670. The molecule has 0 radical (unpaired) electrons. The first-order valence-corrected chi connectivity index (χ1v) is 6.86. The van der Waals surface area contributed by atoms with E-state index in [1.807, 2.05) is 0 Å². The zero-order chi connectivity index (χ0) is 15.8. The molecule has 2 N–H and O–H groups in total.